The van der Waals surface area contributed by atoms with E-state index >= 15 is 0 Å². The van der Waals surface area contributed by atoms with Crippen molar-refractivity contribution in [3.63, 3.8) is 0 Å². The highest BCUT2D eigenvalue weighted by Crippen LogP contribution is 2.38. The van der Waals surface area contributed by atoms with Gasteiger partial charge in [0, 0.05) is 5.92 Å². The van der Waals surface area contributed by atoms with Crippen LogP contribution in [0.15, 0.2) is 0 Å². The fourth-order valence-corrected chi connectivity index (χ4v) is 1.29. The molecule has 0 aromatic heterocycles. The molecule has 0 aromatic carbocycles. The molecule has 1 aliphatic heterocycles. The zero-order valence-corrected chi connectivity index (χ0v) is 7.09. The molecule has 64 valence electrons. The summed E-state index contributed by atoms with van der Waals surface area (Å²) in [6.07, 6.45) is -0.693. The summed E-state index contributed by atoms with van der Waals surface area (Å²) in [7, 11) is 0. The lowest BCUT2D eigenvalue weighted by Crippen LogP contribution is -2.28. The summed E-state index contributed by atoms with van der Waals surface area (Å²) in [6.45, 7) is 4.39. The molecule has 3 nitrogen and oxygen atoms in total. The Bertz CT molecular complexity index is 276. The van der Waals surface area contributed by atoms with Gasteiger partial charge in [0.05, 0.1) is 5.41 Å². The minimum absolute atomic E-state index is 0.0986. The molecule has 2 rings (SSSR count). The van der Waals surface area contributed by atoms with Crippen molar-refractivity contribution in [3.8, 4) is 11.8 Å². The van der Waals surface area contributed by atoms with E-state index in [-0.39, 0.29) is 17.4 Å². The quantitative estimate of drug-likeness (QED) is 0.456. The molecule has 1 aliphatic carbocycles. The highest BCUT2D eigenvalue weighted by Gasteiger charge is 2.44. The minimum Gasteiger partial charge on any atom is -0.430 e. The number of ether oxygens (including phenoxy) is 2. The first-order valence-electron chi connectivity index (χ1n) is 3.99. The van der Waals surface area contributed by atoms with E-state index in [4.69, 9.17) is 9.47 Å². The van der Waals surface area contributed by atoms with Crippen LogP contribution in [-0.4, -0.2) is 18.9 Å². The molecule has 2 unspecified atom stereocenters. The molecule has 0 N–H and O–H groups in total. The third-order valence-corrected chi connectivity index (χ3v) is 2.60. The van der Waals surface area contributed by atoms with Crippen LogP contribution in [0.5, 0.6) is 0 Å². The van der Waals surface area contributed by atoms with Gasteiger partial charge in [-0.25, -0.2) is 4.79 Å². The molecule has 0 amide bonds. The number of carbonyl (C=O) groups excluding carboxylic acids is 1. The molecule has 0 bridgehead atoms. The van der Waals surface area contributed by atoms with Crippen molar-refractivity contribution < 1.29 is 14.3 Å². The Morgan fingerprint density at radius 1 is 1.67 bits per heavy atom. The largest absolute Gasteiger partial charge is 0.508 e. The summed E-state index contributed by atoms with van der Waals surface area (Å²) in [6, 6.07) is 0. The normalized spacial score (nSPS) is 31.2. The van der Waals surface area contributed by atoms with Gasteiger partial charge in [-0.15, -0.1) is 0 Å². The van der Waals surface area contributed by atoms with Crippen LogP contribution in [0.3, 0.4) is 0 Å². The second-order valence-electron chi connectivity index (χ2n) is 3.46. The highest BCUT2D eigenvalue weighted by atomic mass is 16.8. The molecule has 1 fully saturated rings. The Labute approximate surface area is 71.0 Å². The summed E-state index contributed by atoms with van der Waals surface area (Å²) in [5, 5.41) is 0. The van der Waals surface area contributed by atoms with Crippen LogP contribution in [0.1, 0.15) is 13.8 Å². The molecule has 0 saturated carbocycles. The third kappa shape index (κ3) is 1.04. The van der Waals surface area contributed by atoms with E-state index in [1.807, 2.05) is 13.8 Å². The van der Waals surface area contributed by atoms with Crippen molar-refractivity contribution in [2.75, 3.05) is 6.61 Å². The first-order chi connectivity index (χ1) is 5.62. The summed E-state index contributed by atoms with van der Waals surface area (Å²) in [5.74, 6) is 6.22. The molecule has 0 radical (unpaired) electrons. The molecular weight excluding hydrogens is 156 g/mol. The third-order valence-electron chi connectivity index (χ3n) is 2.60. The predicted octanol–water partition coefficient (Wildman–Crippen LogP) is 1.18. The van der Waals surface area contributed by atoms with E-state index in [9.17, 15) is 4.79 Å². The van der Waals surface area contributed by atoms with Crippen LogP contribution in [0.2, 0.25) is 0 Å². The van der Waals surface area contributed by atoms with E-state index in [2.05, 4.69) is 11.8 Å². The first kappa shape index (κ1) is 7.48. The summed E-state index contributed by atoms with van der Waals surface area (Å²) < 4.78 is 9.64. The molecule has 1 saturated heterocycles. The molecule has 0 spiro atoms. The summed E-state index contributed by atoms with van der Waals surface area (Å²) in [5.41, 5.74) is -0.0986. The van der Waals surface area contributed by atoms with Crippen LogP contribution < -0.4 is 0 Å². The van der Waals surface area contributed by atoms with E-state index in [0.29, 0.717) is 6.61 Å². The van der Waals surface area contributed by atoms with Gasteiger partial charge in [-0.05, 0) is 6.92 Å². The minimum atomic E-state index is -0.559. The van der Waals surface area contributed by atoms with Crippen molar-refractivity contribution in [2.45, 2.75) is 20.0 Å². The Morgan fingerprint density at radius 3 is 2.75 bits per heavy atom. The fourth-order valence-electron chi connectivity index (χ4n) is 1.29. The standard InChI is InChI=1S/C9H10O3/c1-6(9(2)3-4-9)7-5-11-8(10)12-7/h6-7H,5H2,1-2H3. The van der Waals surface area contributed by atoms with Crippen LogP contribution in [0.4, 0.5) is 4.79 Å². The van der Waals surface area contributed by atoms with E-state index in [1.54, 1.807) is 0 Å². The SMILES string of the molecule is CC(C1COC(=O)O1)C1(C)C#C1. The maximum Gasteiger partial charge on any atom is 0.508 e. The average molecular weight is 166 g/mol. The monoisotopic (exact) mass is 166 g/mol. The Balaban J connectivity index is 1.97. The maximum absolute atomic E-state index is 10.6. The number of hydrogen-bond donors (Lipinski definition) is 0. The van der Waals surface area contributed by atoms with Gasteiger partial charge in [0.25, 0.3) is 0 Å². The van der Waals surface area contributed by atoms with E-state index in [1.165, 1.54) is 0 Å². The molecule has 2 aliphatic rings. The van der Waals surface area contributed by atoms with Crippen molar-refractivity contribution >= 4 is 6.16 Å². The Morgan fingerprint density at radius 2 is 2.33 bits per heavy atom. The smallest absolute Gasteiger partial charge is 0.430 e. The van der Waals surface area contributed by atoms with Gasteiger partial charge in [-0.1, -0.05) is 18.8 Å². The number of cyclic esters (lactones) is 2. The van der Waals surface area contributed by atoms with Crippen LogP contribution >= 0.6 is 0 Å². The van der Waals surface area contributed by atoms with Crippen LogP contribution in [0.25, 0.3) is 0 Å². The molecule has 3 heteroatoms. The zero-order valence-electron chi connectivity index (χ0n) is 7.09. The van der Waals surface area contributed by atoms with E-state index in [0.717, 1.165) is 0 Å². The van der Waals surface area contributed by atoms with Crippen molar-refractivity contribution in [2.24, 2.45) is 11.3 Å². The van der Waals surface area contributed by atoms with Crippen LogP contribution in [0, 0.1) is 23.2 Å². The fraction of sp³-hybridized carbons (Fsp3) is 0.667. The average Bonchev–Trinajstić information content (AvgIpc) is 2.62. The van der Waals surface area contributed by atoms with Gasteiger partial charge in [0.1, 0.15) is 12.7 Å². The molecular formula is C9H10O3. The zero-order chi connectivity index (χ0) is 8.77. The van der Waals surface area contributed by atoms with Gasteiger partial charge in [-0.2, -0.15) is 0 Å². The summed E-state index contributed by atoms with van der Waals surface area (Å²) in [4.78, 5) is 10.6. The lowest BCUT2D eigenvalue weighted by molar-refractivity contribution is 0.0884. The van der Waals surface area contributed by atoms with Gasteiger partial charge >= 0.3 is 6.16 Å². The van der Waals surface area contributed by atoms with Crippen molar-refractivity contribution in [1.29, 1.82) is 0 Å². The van der Waals surface area contributed by atoms with Crippen LogP contribution in [-0.2, 0) is 9.47 Å². The second-order valence-corrected chi connectivity index (χ2v) is 3.46. The predicted molar refractivity (Wildman–Crippen MR) is 41.3 cm³/mol. The molecule has 12 heavy (non-hydrogen) atoms. The Hall–Kier alpha value is -1.17. The Kier molecular flexibility index (Phi) is 1.35. The lowest BCUT2D eigenvalue weighted by atomic mass is 9.85. The highest BCUT2D eigenvalue weighted by molar-refractivity contribution is 5.62. The van der Waals surface area contributed by atoms with Gasteiger partial charge in [0.2, 0.25) is 0 Å². The van der Waals surface area contributed by atoms with Gasteiger partial charge in [0.15, 0.2) is 0 Å². The number of rotatable bonds is 2. The topological polar surface area (TPSA) is 35.5 Å². The van der Waals surface area contributed by atoms with Gasteiger partial charge < -0.3 is 9.47 Å². The second kappa shape index (κ2) is 2.16. The van der Waals surface area contributed by atoms with Gasteiger partial charge in [-0.3, -0.25) is 0 Å². The molecule has 0 aromatic rings. The van der Waals surface area contributed by atoms with E-state index < -0.39 is 6.16 Å². The van der Waals surface area contributed by atoms with Crippen molar-refractivity contribution in [3.05, 3.63) is 0 Å². The maximum atomic E-state index is 10.6. The first-order valence-corrected chi connectivity index (χ1v) is 3.99. The molecule has 2 atom stereocenters. The molecule has 1 heterocycles. The lowest BCUT2D eigenvalue weighted by Gasteiger charge is -2.20. The summed E-state index contributed by atoms with van der Waals surface area (Å²) >= 11 is 0. The van der Waals surface area contributed by atoms with Crippen molar-refractivity contribution in [1.82, 2.24) is 0 Å². The number of carbonyl (C=O) groups is 1. The number of hydrogen-bond acceptors (Lipinski definition) is 3.